The molecular weight excluding hydrogens is 370 g/mol. The Bertz CT molecular complexity index is 769. The molecule has 3 N–H and O–H groups in total. The molecule has 4 rings (SSSR count). The second-order valence-corrected chi connectivity index (χ2v) is 8.42. The van der Waals surface area contributed by atoms with Gasteiger partial charge in [0, 0.05) is 24.3 Å². The number of pyridine rings is 2. The molecule has 0 spiro atoms. The highest BCUT2D eigenvalue weighted by Crippen LogP contribution is 2.30. The number of halogens is 1. The summed E-state index contributed by atoms with van der Waals surface area (Å²) in [6.45, 7) is 3.20. The van der Waals surface area contributed by atoms with Crippen LogP contribution >= 0.6 is 11.6 Å². The predicted molar refractivity (Wildman–Crippen MR) is 117 cm³/mol. The number of piperidine rings is 1. The Balaban J connectivity index is 1.45. The summed E-state index contributed by atoms with van der Waals surface area (Å²) < 4.78 is 0. The third-order valence-electron chi connectivity index (χ3n) is 5.87. The van der Waals surface area contributed by atoms with E-state index in [0.29, 0.717) is 17.0 Å². The van der Waals surface area contributed by atoms with E-state index in [-0.39, 0.29) is 0 Å². The smallest absolute Gasteiger partial charge is 0.126 e. The average molecular weight is 400 g/mol. The van der Waals surface area contributed by atoms with E-state index in [1.165, 1.54) is 44.9 Å². The second kappa shape index (κ2) is 9.57. The molecule has 0 unspecified atom stereocenters. The molecule has 0 atom stereocenters. The molecule has 5 nitrogen and oxygen atoms in total. The summed E-state index contributed by atoms with van der Waals surface area (Å²) in [7, 11) is 0. The van der Waals surface area contributed by atoms with E-state index in [0.717, 1.165) is 42.5 Å². The van der Waals surface area contributed by atoms with Crippen LogP contribution in [-0.4, -0.2) is 35.6 Å². The van der Waals surface area contributed by atoms with Crippen molar-refractivity contribution in [1.29, 1.82) is 0 Å². The average Bonchev–Trinajstić information content (AvgIpc) is 2.75. The van der Waals surface area contributed by atoms with Gasteiger partial charge in [0.1, 0.15) is 11.6 Å². The van der Waals surface area contributed by atoms with Gasteiger partial charge in [-0.2, -0.15) is 0 Å². The fraction of sp³-hybridized carbons (Fsp3) is 0.545. The minimum Gasteiger partial charge on any atom is -0.370 e. The van der Waals surface area contributed by atoms with Gasteiger partial charge in [0.2, 0.25) is 0 Å². The first-order valence-electron chi connectivity index (χ1n) is 10.6. The summed E-state index contributed by atoms with van der Waals surface area (Å²) >= 11 is 6.47. The Morgan fingerprint density at radius 3 is 2.68 bits per heavy atom. The zero-order valence-electron chi connectivity index (χ0n) is 16.4. The number of anilines is 2. The molecule has 0 radical (unpaired) electrons. The molecule has 2 aliphatic rings. The third-order valence-corrected chi connectivity index (χ3v) is 6.17. The van der Waals surface area contributed by atoms with Gasteiger partial charge in [-0.3, -0.25) is 0 Å². The van der Waals surface area contributed by atoms with E-state index in [1.807, 2.05) is 24.3 Å². The van der Waals surface area contributed by atoms with Gasteiger partial charge >= 0.3 is 0 Å². The van der Waals surface area contributed by atoms with E-state index in [4.69, 9.17) is 16.6 Å². The van der Waals surface area contributed by atoms with Crippen molar-refractivity contribution < 1.29 is 0 Å². The normalized spacial score (nSPS) is 18.8. The van der Waals surface area contributed by atoms with Crippen molar-refractivity contribution in [3.63, 3.8) is 0 Å². The van der Waals surface area contributed by atoms with Crippen LogP contribution in [0.1, 0.15) is 44.9 Å². The Morgan fingerprint density at radius 2 is 1.86 bits per heavy atom. The highest BCUT2D eigenvalue weighted by molar-refractivity contribution is 6.33. The molecule has 1 aliphatic carbocycles. The zero-order valence-corrected chi connectivity index (χ0v) is 17.1. The van der Waals surface area contributed by atoms with E-state index >= 15 is 0 Å². The maximum absolute atomic E-state index is 6.47. The molecule has 1 saturated heterocycles. The van der Waals surface area contributed by atoms with Crippen LogP contribution < -0.4 is 16.0 Å². The lowest BCUT2D eigenvalue weighted by molar-refractivity contribution is 0.389. The molecule has 0 amide bonds. The lowest BCUT2D eigenvalue weighted by Gasteiger charge is -2.23. The first-order chi connectivity index (χ1) is 13.8. The van der Waals surface area contributed by atoms with Crippen LogP contribution in [0.25, 0.3) is 11.3 Å². The van der Waals surface area contributed by atoms with Gasteiger partial charge < -0.3 is 16.0 Å². The summed E-state index contributed by atoms with van der Waals surface area (Å²) in [6, 6.07) is 8.64. The maximum atomic E-state index is 6.47. The van der Waals surface area contributed by atoms with Crippen LogP contribution in [0, 0.1) is 5.92 Å². The molecule has 0 bridgehead atoms. The topological polar surface area (TPSA) is 61.9 Å². The van der Waals surface area contributed by atoms with Crippen molar-refractivity contribution >= 4 is 23.2 Å². The zero-order chi connectivity index (χ0) is 19.2. The molecule has 2 aromatic rings. The van der Waals surface area contributed by atoms with E-state index in [2.05, 4.69) is 20.9 Å². The largest absolute Gasteiger partial charge is 0.370 e. The molecule has 1 aliphatic heterocycles. The fourth-order valence-electron chi connectivity index (χ4n) is 4.19. The molecule has 2 fully saturated rings. The molecule has 150 valence electrons. The van der Waals surface area contributed by atoms with Crippen LogP contribution in [0.15, 0.2) is 30.5 Å². The number of rotatable bonds is 6. The Hall–Kier alpha value is -1.85. The Morgan fingerprint density at radius 1 is 1.04 bits per heavy atom. The molecule has 0 aromatic carbocycles. The highest BCUT2D eigenvalue weighted by atomic mass is 35.5. The van der Waals surface area contributed by atoms with Crippen molar-refractivity contribution in [3.8, 4) is 11.3 Å². The van der Waals surface area contributed by atoms with Gasteiger partial charge in [-0.05, 0) is 62.9 Å². The number of hydrogen-bond acceptors (Lipinski definition) is 5. The number of hydrogen-bond donors (Lipinski definition) is 3. The van der Waals surface area contributed by atoms with Gasteiger partial charge in [0.25, 0.3) is 0 Å². The van der Waals surface area contributed by atoms with Crippen LogP contribution in [-0.2, 0) is 0 Å². The molecular formula is C22H30ClN5. The molecule has 3 heterocycles. The molecule has 6 heteroatoms. The molecule has 1 saturated carbocycles. The summed E-state index contributed by atoms with van der Waals surface area (Å²) in [5, 5.41) is 11.1. The number of nitrogens with one attached hydrogen (secondary N) is 3. The van der Waals surface area contributed by atoms with Crippen molar-refractivity contribution in [2.24, 2.45) is 5.92 Å². The lowest BCUT2D eigenvalue weighted by Crippen LogP contribution is -2.31. The third kappa shape index (κ3) is 5.15. The first kappa shape index (κ1) is 19.5. The van der Waals surface area contributed by atoms with E-state index < -0.39 is 0 Å². The monoisotopic (exact) mass is 399 g/mol. The maximum Gasteiger partial charge on any atom is 0.126 e. The summed E-state index contributed by atoms with van der Waals surface area (Å²) in [5.41, 5.74) is 1.81. The molecule has 2 aromatic heterocycles. The minimum atomic E-state index is 0.515. The summed E-state index contributed by atoms with van der Waals surface area (Å²) in [6.07, 6.45) is 10.5. The SMILES string of the molecule is Clc1cnc(NC2CCCCC2)cc1-c1cccc(NCC2CCNCC2)n1. The quantitative estimate of drug-likeness (QED) is 0.641. The lowest BCUT2D eigenvalue weighted by atomic mass is 9.95. The predicted octanol–water partition coefficient (Wildman–Crippen LogP) is 4.95. The number of nitrogens with zero attached hydrogens (tertiary/aromatic N) is 2. The second-order valence-electron chi connectivity index (χ2n) is 8.01. The van der Waals surface area contributed by atoms with E-state index in [9.17, 15) is 0 Å². The van der Waals surface area contributed by atoms with E-state index in [1.54, 1.807) is 6.20 Å². The van der Waals surface area contributed by atoms with Gasteiger partial charge in [0.15, 0.2) is 0 Å². The minimum absolute atomic E-state index is 0.515. The first-order valence-corrected chi connectivity index (χ1v) is 11.0. The van der Waals surface area contributed by atoms with Crippen molar-refractivity contribution in [1.82, 2.24) is 15.3 Å². The summed E-state index contributed by atoms with van der Waals surface area (Å²) in [4.78, 5) is 9.30. The Labute approximate surface area is 172 Å². The van der Waals surface area contributed by atoms with Crippen molar-refractivity contribution in [2.45, 2.75) is 51.0 Å². The van der Waals surface area contributed by atoms with Gasteiger partial charge in [-0.15, -0.1) is 0 Å². The fourth-order valence-corrected chi connectivity index (χ4v) is 4.39. The summed E-state index contributed by atoms with van der Waals surface area (Å²) in [5.74, 6) is 2.51. The van der Waals surface area contributed by atoms with Crippen molar-refractivity contribution in [3.05, 3.63) is 35.5 Å². The Kier molecular flexibility index (Phi) is 6.65. The van der Waals surface area contributed by atoms with Crippen LogP contribution in [0.3, 0.4) is 0 Å². The standard InChI is InChI=1S/C22H30ClN5/c23-19-15-26-22(27-17-5-2-1-3-6-17)13-18(19)20-7-4-8-21(28-20)25-14-16-9-11-24-12-10-16/h4,7-8,13,15-17,24H,1-3,5-6,9-12,14H2,(H,25,28)(H,26,27). The number of aromatic nitrogens is 2. The highest BCUT2D eigenvalue weighted by Gasteiger charge is 2.16. The van der Waals surface area contributed by atoms with Gasteiger partial charge in [-0.25, -0.2) is 9.97 Å². The van der Waals surface area contributed by atoms with Crippen molar-refractivity contribution in [2.75, 3.05) is 30.3 Å². The van der Waals surface area contributed by atoms with Crippen LogP contribution in [0.4, 0.5) is 11.6 Å². The van der Waals surface area contributed by atoms with Crippen LogP contribution in [0.5, 0.6) is 0 Å². The van der Waals surface area contributed by atoms with Gasteiger partial charge in [-0.1, -0.05) is 36.9 Å². The molecule has 28 heavy (non-hydrogen) atoms. The van der Waals surface area contributed by atoms with Crippen LogP contribution in [0.2, 0.25) is 5.02 Å². The van der Waals surface area contributed by atoms with Gasteiger partial charge in [0.05, 0.1) is 10.7 Å².